The van der Waals surface area contributed by atoms with E-state index in [4.69, 9.17) is 16.2 Å². The molecule has 4 nitrogen and oxygen atoms in total. The third-order valence-corrected chi connectivity index (χ3v) is 2.66. The van der Waals surface area contributed by atoms with Crippen LogP contribution in [0.15, 0.2) is 36.4 Å². The molecule has 0 atom stereocenters. The molecule has 0 radical (unpaired) electrons. The number of carbonyl (C=O) groups excluding carboxylic acids is 1. The minimum Gasteiger partial charge on any atom is -0.489 e. The van der Waals surface area contributed by atoms with E-state index in [1.165, 1.54) is 12.1 Å². The van der Waals surface area contributed by atoms with Gasteiger partial charge in [-0.15, -0.1) is 0 Å². The van der Waals surface area contributed by atoms with Gasteiger partial charge in [-0.05, 0) is 12.1 Å². The van der Waals surface area contributed by atoms with Crippen LogP contribution in [-0.4, -0.2) is 5.91 Å². The SMILES string of the molecule is NC(=O)c1ccc(COc2cc(F)cc(F)c2)c(N)c1. The maximum Gasteiger partial charge on any atom is 0.248 e. The molecule has 0 unspecified atom stereocenters. The van der Waals surface area contributed by atoms with Crippen molar-refractivity contribution in [3.05, 3.63) is 59.2 Å². The molecule has 4 N–H and O–H groups in total. The fourth-order valence-corrected chi connectivity index (χ4v) is 1.65. The average Bonchev–Trinajstić information content (AvgIpc) is 2.36. The van der Waals surface area contributed by atoms with Crippen LogP contribution in [0.5, 0.6) is 5.75 Å². The molecule has 0 aliphatic rings. The zero-order valence-corrected chi connectivity index (χ0v) is 10.4. The minimum absolute atomic E-state index is 0.0216. The lowest BCUT2D eigenvalue weighted by atomic mass is 10.1. The molecule has 0 spiro atoms. The number of anilines is 1. The van der Waals surface area contributed by atoms with Gasteiger partial charge in [-0.25, -0.2) is 8.78 Å². The fourth-order valence-electron chi connectivity index (χ4n) is 1.65. The second kappa shape index (κ2) is 5.56. The summed E-state index contributed by atoms with van der Waals surface area (Å²) in [5.41, 5.74) is 12.1. The highest BCUT2D eigenvalue weighted by Crippen LogP contribution is 2.20. The van der Waals surface area contributed by atoms with Gasteiger partial charge in [0.05, 0.1) is 0 Å². The number of carbonyl (C=O) groups is 1. The Morgan fingerprint density at radius 2 is 1.75 bits per heavy atom. The van der Waals surface area contributed by atoms with Crippen molar-refractivity contribution >= 4 is 11.6 Å². The quantitative estimate of drug-likeness (QED) is 0.842. The van der Waals surface area contributed by atoms with Crippen LogP contribution in [-0.2, 0) is 6.61 Å². The van der Waals surface area contributed by atoms with Gasteiger partial charge in [0, 0.05) is 35.0 Å². The Bertz CT molecular complexity index is 639. The molecule has 1 amide bonds. The molecule has 6 heteroatoms. The van der Waals surface area contributed by atoms with Crippen molar-refractivity contribution in [1.82, 2.24) is 0 Å². The summed E-state index contributed by atoms with van der Waals surface area (Å²) in [5, 5.41) is 0. The smallest absolute Gasteiger partial charge is 0.248 e. The minimum atomic E-state index is -0.725. The average molecular weight is 278 g/mol. The molecule has 0 heterocycles. The summed E-state index contributed by atoms with van der Waals surface area (Å²) in [6, 6.07) is 7.39. The van der Waals surface area contributed by atoms with Crippen LogP contribution in [0, 0.1) is 11.6 Å². The van der Waals surface area contributed by atoms with E-state index in [0.29, 0.717) is 11.3 Å². The molecule has 0 aromatic heterocycles. The van der Waals surface area contributed by atoms with Gasteiger partial charge in [-0.1, -0.05) is 6.07 Å². The third kappa shape index (κ3) is 3.23. The summed E-state index contributed by atoms with van der Waals surface area (Å²) < 4.78 is 31.2. The maximum absolute atomic E-state index is 13.0. The van der Waals surface area contributed by atoms with E-state index < -0.39 is 17.5 Å². The van der Waals surface area contributed by atoms with E-state index in [1.807, 2.05) is 0 Å². The Morgan fingerprint density at radius 3 is 2.30 bits per heavy atom. The highest BCUT2D eigenvalue weighted by molar-refractivity contribution is 5.93. The summed E-state index contributed by atoms with van der Waals surface area (Å²) in [5.74, 6) is -1.98. The number of primary amides is 1. The lowest BCUT2D eigenvalue weighted by molar-refractivity contribution is 0.100. The number of halogens is 2. The standard InChI is InChI=1S/C14H12F2N2O2/c15-10-4-11(16)6-12(5-10)20-7-9-2-1-8(14(18)19)3-13(9)17/h1-6H,7,17H2,(H2,18,19). The molecule has 0 saturated carbocycles. The van der Waals surface area contributed by atoms with Crippen molar-refractivity contribution in [1.29, 1.82) is 0 Å². The van der Waals surface area contributed by atoms with Gasteiger partial charge in [0.15, 0.2) is 0 Å². The number of hydrogen-bond acceptors (Lipinski definition) is 3. The van der Waals surface area contributed by atoms with Gasteiger partial charge >= 0.3 is 0 Å². The lowest BCUT2D eigenvalue weighted by Gasteiger charge is -2.09. The van der Waals surface area contributed by atoms with Gasteiger partial charge in [-0.3, -0.25) is 4.79 Å². The number of nitrogen functional groups attached to an aromatic ring is 1. The van der Waals surface area contributed by atoms with E-state index >= 15 is 0 Å². The van der Waals surface area contributed by atoms with Crippen LogP contribution >= 0.6 is 0 Å². The van der Waals surface area contributed by atoms with E-state index in [1.54, 1.807) is 6.07 Å². The topological polar surface area (TPSA) is 78.3 Å². The lowest BCUT2D eigenvalue weighted by Crippen LogP contribution is -2.12. The van der Waals surface area contributed by atoms with Crippen LogP contribution in [0.2, 0.25) is 0 Å². The van der Waals surface area contributed by atoms with Crippen molar-refractivity contribution in [3.63, 3.8) is 0 Å². The molecule has 2 aromatic rings. The van der Waals surface area contributed by atoms with Gasteiger partial charge in [-0.2, -0.15) is 0 Å². The predicted octanol–water partition coefficient (Wildman–Crippen LogP) is 2.22. The number of hydrogen-bond donors (Lipinski definition) is 2. The highest BCUT2D eigenvalue weighted by atomic mass is 19.1. The predicted molar refractivity (Wildman–Crippen MR) is 70.1 cm³/mol. The second-order valence-corrected chi connectivity index (χ2v) is 4.17. The van der Waals surface area contributed by atoms with E-state index in [9.17, 15) is 13.6 Å². The zero-order chi connectivity index (χ0) is 14.7. The molecule has 104 valence electrons. The Hall–Kier alpha value is -2.63. The molecule has 0 fully saturated rings. The van der Waals surface area contributed by atoms with Crippen molar-refractivity contribution < 1.29 is 18.3 Å². The third-order valence-electron chi connectivity index (χ3n) is 2.66. The zero-order valence-electron chi connectivity index (χ0n) is 10.4. The van der Waals surface area contributed by atoms with Crippen molar-refractivity contribution in [2.45, 2.75) is 6.61 Å². The Morgan fingerprint density at radius 1 is 1.10 bits per heavy atom. The molecular weight excluding hydrogens is 266 g/mol. The largest absolute Gasteiger partial charge is 0.489 e. The first-order valence-electron chi connectivity index (χ1n) is 5.73. The number of rotatable bonds is 4. The molecule has 0 bridgehead atoms. The first-order valence-corrected chi connectivity index (χ1v) is 5.73. The highest BCUT2D eigenvalue weighted by Gasteiger charge is 2.07. The van der Waals surface area contributed by atoms with E-state index in [2.05, 4.69) is 0 Å². The van der Waals surface area contributed by atoms with Crippen LogP contribution in [0.1, 0.15) is 15.9 Å². The van der Waals surface area contributed by atoms with Crippen molar-refractivity contribution in [2.75, 3.05) is 5.73 Å². The van der Waals surface area contributed by atoms with Gasteiger partial charge in [0.2, 0.25) is 5.91 Å². The monoisotopic (exact) mass is 278 g/mol. The Kier molecular flexibility index (Phi) is 3.84. The van der Waals surface area contributed by atoms with E-state index in [0.717, 1.165) is 18.2 Å². The van der Waals surface area contributed by atoms with Crippen molar-refractivity contribution in [2.24, 2.45) is 5.73 Å². The van der Waals surface area contributed by atoms with Crippen LogP contribution in [0.4, 0.5) is 14.5 Å². The van der Waals surface area contributed by atoms with Gasteiger partial charge in [0.25, 0.3) is 0 Å². The normalized spacial score (nSPS) is 10.3. The summed E-state index contributed by atoms with van der Waals surface area (Å²) in [6.07, 6.45) is 0. The number of amides is 1. The van der Waals surface area contributed by atoms with Crippen molar-refractivity contribution in [3.8, 4) is 5.75 Å². The molecule has 0 aliphatic heterocycles. The molecule has 2 rings (SSSR count). The second-order valence-electron chi connectivity index (χ2n) is 4.17. The summed E-state index contributed by atoms with van der Waals surface area (Å²) in [4.78, 5) is 11.0. The Labute approximate surface area is 114 Å². The fraction of sp³-hybridized carbons (Fsp3) is 0.0714. The number of nitrogens with two attached hydrogens (primary N) is 2. The maximum atomic E-state index is 13.0. The molecule has 0 aliphatic carbocycles. The summed E-state index contributed by atoms with van der Waals surface area (Å²) in [6.45, 7) is 0.0216. The first kappa shape index (κ1) is 13.8. The number of ether oxygens (including phenoxy) is 1. The van der Waals surface area contributed by atoms with Gasteiger partial charge < -0.3 is 16.2 Å². The van der Waals surface area contributed by atoms with Crippen LogP contribution < -0.4 is 16.2 Å². The first-order chi connectivity index (χ1) is 9.45. The molecule has 2 aromatic carbocycles. The van der Waals surface area contributed by atoms with Gasteiger partial charge in [0.1, 0.15) is 24.0 Å². The van der Waals surface area contributed by atoms with Crippen LogP contribution in [0.3, 0.4) is 0 Å². The molecule has 20 heavy (non-hydrogen) atoms. The Balaban J connectivity index is 2.12. The summed E-state index contributed by atoms with van der Waals surface area (Å²) in [7, 11) is 0. The van der Waals surface area contributed by atoms with Crippen LogP contribution in [0.25, 0.3) is 0 Å². The van der Waals surface area contributed by atoms with E-state index in [-0.39, 0.29) is 17.9 Å². The summed E-state index contributed by atoms with van der Waals surface area (Å²) >= 11 is 0. The molecular formula is C14H12F2N2O2. The number of benzene rings is 2. The molecule has 0 saturated heterocycles.